The number of aliphatic hydroxyl groups excluding tert-OH is 8. The quantitative estimate of drug-likeness (QED) is 0.0652. The minimum absolute atomic E-state index is 0.0901. The summed E-state index contributed by atoms with van der Waals surface area (Å²) in [6, 6.07) is 8.86. The molecular formula is C37H50O20. The molecule has 3 aliphatic rings. The third-order valence-corrected chi connectivity index (χ3v) is 9.77. The van der Waals surface area contributed by atoms with E-state index < -0.39 is 111 Å². The van der Waals surface area contributed by atoms with Crippen LogP contribution in [0.1, 0.15) is 18.1 Å². The number of esters is 1. The van der Waals surface area contributed by atoms with E-state index in [1.165, 1.54) is 51.5 Å². The highest BCUT2D eigenvalue weighted by atomic mass is 16.8. The lowest BCUT2D eigenvalue weighted by Gasteiger charge is -2.47. The Morgan fingerprint density at radius 3 is 2.00 bits per heavy atom. The first-order valence-electron chi connectivity index (χ1n) is 18.0. The molecule has 10 N–H and O–H groups in total. The second-order valence-electron chi connectivity index (χ2n) is 13.6. The Morgan fingerprint density at radius 2 is 1.32 bits per heavy atom. The van der Waals surface area contributed by atoms with Crippen molar-refractivity contribution < 1.29 is 98.5 Å². The minimum Gasteiger partial charge on any atom is -0.504 e. The van der Waals surface area contributed by atoms with Crippen molar-refractivity contribution in [2.75, 3.05) is 34.0 Å². The van der Waals surface area contributed by atoms with Crippen molar-refractivity contribution in [1.82, 2.24) is 0 Å². The van der Waals surface area contributed by atoms with E-state index in [1.807, 2.05) is 0 Å². The van der Waals surface area contributed by atoms with Gasteiger partial charge < -0.3 is 93.7 Å². The standard InChI is InChI=1S/C37H50O20/c1-16-26(42)28(44)31(47)37(53-16)57-34-32(48)36(51-11-10-18-5-8-20(40)22(13-18)50-3)55-24(15-52-35-30(46)29(45)27(43)23(14-38)54-35)33(34)56-25(41)9-6-17-4-7-19(39)21(12-17)49-2/h4-9,12-13,16,23-24,26-40,42-48H,10-11,14-15H2,1-3H3/b9-6+/t16-,23+,24+,26-,27-,28+,29-,30+,31+,32+,33+,34+,35+,36+,37-/m0/s1. The molecule has 3 aliphatic heterocycles. The first-order valence-corrected chi connectivity index (χ1v) is 18.0. The van der Waals surface area contributed by atoms with Crippen molar-refractivity contribution in [2.24, 2.45) is 0 Å². The zero-order valence-electron chi connectivity index (χ0n) is 31.2. The molecule has 20 nitrogen and oxygen atoms in total. The van der Waals surface area contributed by atoms with Crippen LogP contribution in [0.5, 0.6) is 23.0 Å². The van der Waals surface area contributed by atoms with Crippen LogP contribution in [0.15, 0.2) is 42.5 Å². The Balaban J connectivity index is 1.44. The van der Waals surface area contributed by atoms with Gasteiger partial charge in [0.2, 0.25) is 0 Å². The molecule has 0 aromatic heterocycles. The van der Waals surface area contributed by atoms with Crippen molar-refractivity contribution in [3.8, 4) is 23.0 Å². The van der Waals surface area contributed by atoms with Crippen LogP contribution in [0.2, 0.25) is 0 Å². The summed E-state index contributed by atoms with van der Waals surface area (Å²) < 4.78 is 50.9. The van der Waals surface area contributed by atoms with Gasteiger partial charge in [0.1, 0.15) is 61.0 Å². The lowest BCUT2D eigenvalue weighted by molar-refractivity contribution is -0.364. The fraction of sp³-hybridized carbons (Fsp3) is 0.595. The van der Waals surface area contributed by atoms with Gasteiger partial charge in [0, 0.05) is 6.08 Å². The van der Waals surface area contributed by atoms with E-state index in [1.54, 1.807) is 12.1 Å². The van der Waals surface area contributed by atoms with Crippen molar-refractivity contribution >= 4 is 12.0 Å². The molecule has 0 spiro atoms. The Bertz CT molecular complexity index is 1640. The number of methoxy groups -OCH3 is 2. The number of hydrogen-bond donors (Lipinski definition) is 10. The van der Waals surface area contributed by atoms with Crippen LogP contribution >= 0.6 is 0 Å². The van der Waals surface area contributed by atoms with Gasteiger partial charge in [-0.25, -0.2) is 4.79 Å². The summed E-state index contributed by atoms with van der Waals surface area (Å²) in [5, 5.41) is 104. The number of carbonyl (C=O) groups is 1. The van der Waals surface area contributed by atoms with Gasteiger partial charge in [0.05, 0.1) is 40.1 Å². The first-order chi connectivity index (χ1) is 27.2. The highest BCUT2D eigenvalue weighted by molar-refractivity contribution is 5.87. The zero-order chi connectivity index (χ0) is 41.6. The number of rotatable bonds is 15. The molecule has 318 valence electrons. The third kappa shape index (κ3) is 10.5. The number of phenolic OH excluding ortho intramolecular Hbond substituents is 2. The molecule has 20 heteroatoms. The molecule has 15 atom stereocenters. The summed E-state index contributed by atoms with van der Waals surface area (Å²) in [6.45, 7) is -0.111. The van der Waals surface area contributed by atoms with E-state index in [9.17, 15) is 55.9 Å². The number of phenols is 2. The van der Waals surface area contributed by atoms with E-state index >= 15 is 0 Å². The average Bonchev–Trinajstić information content (AvgIpc) is 3.20. The maximum absolute atomic E-state index is 13.4. The fourth-order valence-electron chi connectivity index (χ4n) is 6.45. The molecule has 2 aromatic carbocycles. The molecule has 0 bridgehead atoms. The van der Waals surface area contributed by atoms with Gasteiger partial charge in [-0.15, -0.1) is 0 Å². The maximum Gasteiger partial charge on any atom is 0.331 e. The predicted molar refractivity (Wildman–Crippen MR) is 190 cm³/mol. The number of aliphatic hydroxyl groups is 8. The molecule has 5 rings (SSSR count). The second-order valence-corrected chi connectivity index (χ2v) is 13.6. The summed E-state index contributed by atoms with van der Waals surface area (Å²) in [4.78, 5) is 13.4. The molecule has 0 unspecified atom stereocenters. The van der Waals surface area contributed by atoms with Crippen LogP contribution in [0.4, 0.5) is 0 Å². The number of carbonyl (C=O) groups excluding carboxylic acids is 1. The smallest absolute Gasteiger partial charge is 0.331 e. The molecular weight excluding hydrogens is 764 g/mol. The van der Waals surface area contributed by atoms with Crippen LogP contribution in [-0.2, 0) is 44.4 Å². The highest BCUT2D eigenvalue weighted by Gasteiger charge is 2.53. The van der Waals surface area contributed by atoms with Gasteiger partial charge in [-0.1, -0.05) is 12.1 Å². The number of ether oxygens (including phenoxy) is 9. The van der Waals surface area contributed by atoms with Crippen molar-refractivity contribution in [2.45, 2.75) is 105 Å². The van der Waals surface area contributed by atoms with E-state index in [0.29, 0.717) is 11.1 Å². The largest absolute Gasteiger partial charge is 0.504 e. The predicted octanol–water partition coefficient (Wildman–Crippen LogP) is -2.59. The third-order valence-electron chi connectivity index (χ3n) is 9.77. The Morgan fingerprint density at radius 1 is 0.702 bits per heavy atom. The van der Waals surface area contributed by atoms with Crippen LogP contribution in [0.25, 0.3) is 6.08 Å². The van der Waals surface area contributed by atoms with E-state index in [4.69, 9.17) is 42.6 Å². The Labute approximate surface area is 326 Å². The summed E-state index contributed by atoms with van der Waals surface area (Å²) >= 11 is 0. The van der Waals surface area contributed by atoms with Crippen molar-refractivity contribution in [1.29, 1.82) is 0 Å². The SMILES string of the molecule is COc1cc(/C=C/C(=O)O[C@H]2[C@H](O[C@@H]3O[C@@H](C)[C@H](O)[C@@H](O)[C@H]3O)[C@@H](O)[C@H](OCCc3ccc(O)c(OC)c3)O[C@@H]2CO[C@@H]2O[C@H](CO)[C@H](O)[C@H](O)[C@H]2O)ccc1O. The lowest BCUT2D eigenvalue weighted by atomic mass is 9.96. The highest BCUT2D eigenvalue weighted by Crippen LogP contribution is 2.33. The summed E-state index contributed by atoms with van der Waals surface area (Å²) in [7, 11) is 2.72. The number of benzene rings is 2. The van der Waals surface area contributed by atoms with Crippen LogP contribution in [-0.4, -0.2) is 183 Å². The second kappa shape index (κ2) is 19.8. The topological polar surface area (TPSA) is 302 Å². The average molecular weight is 815 g/mol. The van der Waals surface area contributed by atoms with Crippen molar-refractivity contribution in [3.05, 3.63) is 53.6 Å². The molecule has 0 saturated carbocycles. The normalized spacial score (nSPS) is 35.9. The summed E-state index contributed by atoms with van der Waals surface area (Å²) in [6.07, 6.45) is -21.9. The molecule has 0 amide bonds. The molecule has 57 heavy (non-hydrogen) atoms. The summed E-state index contributed by atoms with van der Waals surface area (Å²) in [5.74, 6) is -0.935. The van der Waals surface area contributed by atoms with Gasteiger partial charge in [-0.05, 0) is 54.8 Å². The molecule has 3 heterocycles. The number of aromatic hydroxyl groups is 2. The maximum atomic E-state index is 13.4. The minimum atomic E-state index is -1.86. The van der Waals surface area contributed by atoms with Gasteiger partial charge in [-0.2, -0.15) is 0 Å². The molecule has 0 aliphatic carbocycles. The first kappa shape index (κ1) is 44.4. The van der Waals surface area contributed by atoms with E-state index in [-0.39, 0.29) is 36.0 Å². The van der Waals surface area contributed by atoms with E-state index in [0.717, 1.165) is 6.08 Å². The monoisotopic (exact) mass is 814 g/mol. The van der Waals surface area contributed by atoms with E-state index in [2.05, 4.69) is 0 Å². The lowest BCUT2D eigenvalue weighted by Crippen LogP contribution is -2.65. The Kier molecular flexibility index (Phi) is 15.4. The number of hydrogen-bond acceptors (Lipinski definition) is 20. The fourth-order valence-corrected chi connectivity index (χ4v) is 6.45. The summed E-state index contributed by atoms with van der Waals surface area (Å²) in [5.41, 5.74) is 1.08. The van der Waals surface area contributed by atoms with Crippen LogP contribution in [0, 0.1) is 0 Å². The Hall–Kier alpha value is -3.71. The molecule has 0 radical (unpaired) electrons. The van der Waals surface area contributed by atoms with Gasteiger partial charge in [0.15, 0.2) is 48.0 Å². The molecule has 3 fully saturated rings. The van der Waals surface area contributed by atoms with Crippen molar-refractivity contribution in [3.63, 3.8) is 0 Å². The van der Waals surface area contributed by atoms with Gasteiger partial charge in [0.25, 0.3) is 0 Å². The zero-order valence-corrected chi connectivity index (χ0v) is 31.2. The van der Waals surface area contributed by atoms with Gasteiger partial charge >= 0.3 is 5.97 Å². The van der Waals surface area contributed by atoms with Crippen LogP contribution < -0.4 is 9.47 Å². The van der Waals surface area contributed by atoms with Crippen LogP contribution in [0.3, 0.4) is 0 Å². The molecule has 3 saturated heterocycles. The molecule has 2 aromatic rings. The van der Waals surface area contributed by atoms with Gasteiger partial charge in [-0.3, -0.25) is 0 Å².